The zero-order valence-electron chi connectivity index (χ0n) is 10.4. The van der Waals surface area contributed by atoms with Gasteiger partial charge in [-0.2, -0.15) is 0 Å². The normalized spacial score (nSPS) is 19.9. The second kappa shape index (κ2) is 5.35. The van der Waals surface area contributed by atoms with Crippen molar-refractivity contribution in [1.29, 1.82) is 5.41 Å². The van der Waals surface area contributed by atoms with Gasteiger partial charge in [0.15, 0.2) is 0 Å². The van der Waals surface area contributed by atoms with E-state index < -0.39 is 0 Å². The minimum Gasteiger partial charge on any atom is -0.384 e. The van der Waals surface area contributed by atoms with Gasteiger partial charge in [0.25, 0.3) is 0 Å². The first kappa shape index (κ1) is 12.8. The fourth-order valence-electron chi connectivity index (χ4n) is 2.12. The van der Waals surface area contributed by atoms with Gasteiger partial charge in [0, 0.05) is 18.7 Å². The molecule has 0 spiro atoms. The summed E-state index contributed by atoms with van der Waals surface area (Å²) >= 11 is 0. The minimum atomic E-state index is -0.334. The molecule has 1 aliphatic heterocycles. The van der Waals surface area contributed by atoms with E-state index in [0.29, 0.717) is 30.9 Å². The molecular weight excluding hydrogens is 233 g/mol. The lowest BCUT2D eigenvalue weighted by atomic mass is 10.1. The Bertz CT molecular complexity index is 450. The molecule has 98 valence electrons. The number of benzene rings is 1. The van der Waals surface area contributed by atoms with Crippen molar-refractivity contribution in [2.45, 2.75) is 19.4 Å². The monoisotopic (exact) mass is 251 g/mol. The van der Waals surface area contributed by atoms with Crippen molar-refractivity contribution < 1.29 is 9.13 Å². The molecule has 1 fully saturated rings. The van der Waals surface area contributed by atoms with Gasteiger partial charge in [0.1, 0.15) is 11.7 Å². The number of halogens is 1. The molecule has 0 amide bonds. The zero-order valence-corrected chi connectivity index (χ0v) is 10.4. The maximum atomic E-state index is 14.0. The molecule has 0 bridgehead atoms. The van der Waals surface area contributed by atoms with Crippen molar-refractivity contribution in [1.82, 2.24) is 0 Å². The van der Waals surface area contributed by atoms with E-state index in [1.807, 2.05) is 4.90 Å². The summed E-state index contributed by atoms with van der Waals surface area (Å²) in [5.41, 5.74) is 6.31. The lowest BCUT2D eigenvalue weighted by molar-refractivity contribution is 0.0382. The molecule has 5 heteroatoms. The number of hydrogen-bond acceptors (Lipinski definition) is 3. The predicted molar refractivity (Wildman–Crippen MR) is 69.7 cm³/mol. The Hall–Kier alpha value is -1.62. The van der Waals surface area contributed by atoms with Crippen LogP contribution in [0.5, 0.6) is 0 Å². The molecule has 1 atom stereocenters. The van der Waals surface area contributed by atoms with Crippen LogP contribution < -0.4 is 10.6 Å². The number of morpholine rings is 1. The van der Waals surface area contributed by atoms with Crippen molar-refractivity contribution in [3.05, 3.63) is 29.6 Å². The summed E-state index contributed by atoms with van der Waals surface area (Å²) in [6.45, 7) is 4.06. The molecule has 4 nitrogen and oxygen atoms in total. The molecule has 1 heterocycles. The Labute approximate surface area is 106 Å². The van der Waals surface area contributed by atoms with E-state index in [4.69, 9.17) is 15.9 Å². The quantitative estimate of drug-likeness (QED) is 0.635. The largest absolute Gasteiger partial charge is 0.384 e. The Morgan fingerprint density at radius 1 is 1.61 bits per heavy atom. The summed E-state index contributed by atoms with van der Waals surface area (Å²) in [5, 5.41) is 7.29. The van der Waals surface area contributed by atoms with Crippen molar-refractivity contribution in [2.24, 2.45) is 5.73 Å². The Kier molecular flexibility index (Phi) is 3.81. The molecule has 0 aliphatic carbocycles. The molecule has 2 rings (SSSR count). The lowest BCUT2D eigenvalue weighted by Gasteiger charge is -2.34. The highest BCUT2D eigenvalue weighted by atomic mass is 19.1. The third kappa shape index (κ3) is 2.61. The molecule has 1 aliphatic rings. The lowest BCUT2D eigenvalue weighted by Crippen LogP contribution is -2.42. The number of anilines is 1. The molecule has 3 N–H and O–H groups in total. The molecule has 0 aromatic heterocycles. The summed E-state index contributed by atoms with van der Waals surface area (Å²) in [5.74, 6) is -0.451. The van der Waals surface area contributed by atoms with E-state index in [1.165, 1.54) is 6.07 Å². The van der Waals surface area contributed by atoms with Crippen LogP contribution in [0.4, 0.5) is 10.1 Å². The number of rotatable bonds is 3. The first-order chi connectivity index (χ1) is 8.61. The van der Waals surface area contributed by atoms with Gasteiger partial charge in [-0.15, -0.1) is 0 Å². The minimum absolute atomic E-state index is 0.117. The van der Waals surface area contributed by atoms with Gasteiger partial charge in [-0.1, -0.05) is 6.92 Å². The highest BCUT2D eigenvalue weighted by Crippen LogP contribution is 2.23. The number of nitrogens with two attached hydrogens (primary N) is 1. The fourth-order valence-corrected chi connectivity index (χ4v) is 2.12. The second-order valence-electron chi connectivity index (χ2n) is 4.43. The average molecular weight is 251 g/mol. The van der Waals surface area contributed by atoms with Crippen LogP contribution in [0.3, 0.4) is 0 Å². The highest BCUT2D eigenvalue weighted by molar-refractivity contribution is 5.95. The number of nitrogens with zero attached hydrogens (tertiary/aromatic N) is 1. The number of nitrogens with one attached hydrogen (secondary N) is 1. The summed E-state index contributed by atoms with van der Waals surface area (Å²) in [7, 11) is 0. The van der Waals surface area contributed by atoms with E-state index >= 15 is 0 Å². The van der Waals surface area contributed by atoms with Crippen LogP contribution in [-0.2, 0) is 4.74 Å². The molecule has 0 radical (unpaired) electrons. The standard InChI is InChI=1S/C13H18FN3O/c1-2-10-8-17(5-6-18-10)12-4-3-9(13(15)16)7-11(12)14/h3-4,7,10H,2,5-6,8H2,1H3,(H3,15,16). The Morgan fingerprint density at radius 3 is 3.00 bits per heavy atom. The van der Waals surface area contributed by atoms with E-state index in [2.05, 4.69) is 6.92 Å². The van der Waals surface area contributed by atoms with Gasteiger partial charge in [0.2, 0.25) is 0 Å². The molecular formula is C13H18FN3O. The highest BCUT2D eigenvalue weighted by Gasteiger charge is 2.21. The summed E-state index contributed by atoms with van der Waals surface area (Å²) in [6, 6.07) is 4.68. The average Bonchev–Trinajstić information content (AvgIpc) is 2.38. The van der Waals surface area contributed by atoms with Crippen LogP contribution in [0, 0.1) is 11.2 Å². The zero-order chi connectivity index (χ0) is 13.1. The van der Waals surface area contributed by atoms with Gasteiger partial charge in [0.05, 0.1) is 18.4 Å². The maximum Gasteiger partial charge on any atom is 0.147 e. The molecule has 0 saturated carbocycles. The summed E-state index contributed by atoms with van der Waals surface area (Å²) in [4.78, 5) is 1.98. The van der Waals surface area contributed by atoms with Crippen LogP contribution >= 0.6 is 0 Å². The van der Waals surface area contributed by atoms with Crippen molar-refractivity contribution in [3.63, 3.8) is 0 Å². The molecule has 1 saturated heterocycles. The van der Waals surface area contributed by atoms with E-state index in [-0.39, 0.29) is 17.8 Å². The van der Waals surface area contributed by atoms with Crippen molar-refractivity contribution in [3.8, 4) is 0 Å². The van der Waals surface area contributed by atoms with Gasteiger partial charge in [-0.05, 0) is 24.6 Å². The first-order valence-electron chi connectivity index (χ1n) is 6.12. The van der Waals surface area contributed by atoms with E-state index in [0.717, 1.165) is 6.42 Å². The maximum absolute atomic E-state index is 14.0. The van der Waals surface area contributed by atoms with Gasteiger partial charge < -0.3 is 15.4 Å². The van der Waals surface area contributed by atoms with E-state index in [9.17, 15) is 4.39 Å². The fraction of sp³-hybridized carbons (Fsp3) is 0.462. The van der Waals surface area contributed by atoms with Crippen molar-refractivity contribution in [2.75, 3.05) is 24.6 Å². The molecule has 1 aromatic carbocycles. The third-order valence-corrected chi connectivity index (χ3v) is 3.19. The smallest absolute Gasteiger partial charge is 0.147 e. The first-order valence-corrected chi connectivity index (χ1v) is 6.12. The van der Waals surface area contributed by atoms with Gasteiger partial charge >= 0.3 is 0 Å². The van der Waals surface area contributed by atoms with Crippen LogP contribution in [-0.4, -0.2) is 31.6 Å². The van der Waals surface area contributed by atoms with Gasteiger partial charge in [-0.3, -0.25) is 5.41 Å². The Balaban J connectivity index is 2.20. The number of ether oxygens (including phenoxy) is 1. The number of amidine groups is 1. The molecule has 1 unspecified atom stereocenters. The topological polar surface area (TPSA) is 62.3 Å². The van der Waals surface area contributed by atoms with Crippen LogP contribution in [0.2, 0.25) is 0 Å². The predicted octanol–water partition coefficient (Wildman–Crippen LogP) is 1.72. The SMILES string of the molecule is CCC1CN(c2ccc(C(=N)N)cc2F)CCO1. The third-order valence-electron chi connectivity index (χ3n) is 3.19. The Morgan fingerprint density at radius 2 is 2.39 bits per heavy atom. The van der Waals surface area contributed by atoms with Crippen LogP contribution in [0.25, 0.3) is 0 Å². The van der Waals surface area contributed by atoms with Crippen LogP contribution in [0.1, 0.15) is 18.9 Å². The summed E-state index contributed by atoms with van der Waals surface area (Å²) in [6.07, 6.45) is 1.08. The van der Waals surface area contributed by atoms with Gasteiger partial charge in [-0.25, -0.2) is 4.39 Å². The number of hydrogen-bond donors (Lipinski definition) is 2. The van der Waals surface area contributed by atoms with E-state index in [1.54, 1.807) is 12.1 Å². The van der Waals surface area contributed by atoms with Crippen molar-refractivity contribution >= 4 is 11.5 Å². The molecule has 1 aromatic rings. The van der Waals surface area contributed by atoms with Crippen LogP contribution in [0.15, 0.2) is 18.2 Å². The second-order valence-corrected chi connectivity index (χ2v) is 4.43. The summed E-state index contributed by atoms with van der Waals surface area (Å²) < 4.78 is 19.6. The molecule has 18 heavy (non-hydrogen) atoms. The number of nitrogen functional groups attached to an aromatic ring is 1.